The van der Waals surface area contributed by atoms with Crippen LogP contribution in [0.3, 0.4) is 0 Å². The van der Waals surface area contributed by atoms with E-state index in [2.05, 4.69) is 6.08 Å². The lowest BCUT2D eigenvalue weighted by Crippen LogP contribution is -2.17. The van der Waals surface area contributed by atoms with E-state index in [9.17, 15) is 0 Å². The summed E-state index contributed by atoms with van der Waals surface area (Å²) in [6.07, 6.45) is 6.49. The highest BCUT2D eigenvalue weighted by molar-refractivity contribution is 5.18. The SMILES string of the molecule is COCC1OCC2CCCC=C21. The third-order valence-corrected chi connectivity index (χ3v) is 2.80. The summed E-state index contributed by atoms with van der Waals surface area (Å²) in [6.45, 7) is 1.64. The van der Waals surface area contributed by atoms with Crippen molar-refractivity contribution < 1.29 is 9.47 Å². The highest BCUT2D eigenvalue weighted by Crippen LogP contribution is 2.34. The number of fused-ring (bicyclic) bond motifs is 1. The molecule has 1 aliphatic heterocycles. The van der Waals surface area contributed by atoms with Gasteiger partial charge in [-0.15, -0.1) is 0 Å². The molecule has 0 aromatic heterocycles. The molecule has 1 saturated heterocycles. The van der Waals surface area contributed by atoms with Gasteiger partial charge in [-0.2, -0.15) is 0 Å². The molecule has 1 heterocycles. The zero-order valence-electron chi connectivity index (χ0n) is 7.58. The number of hydrogen-bond donors (Lipinski definition) is 0. The van der Waals surface area contributed by atoms with Crippen LogP contribution in [0.25, 0.3) is 0 Å². The van der Waals surface area contributed by atoms with E-state index >= 15 is 0 Å². The third-order valence-electron chi connectivity index (χ3n) is 2.80. The second-order valence-electron chi connectivity index (χ2n) is 3.61. The predicted molar refractivity (Wildman–Crippen MR) is 47.0 cm³/mol. The molecule has 1 fully saturated rings. The van der Waals surface area contributed by atoms with Crippen LogP contribution in [0.1, 0.15) is 19.3 Å². The van der Waals surface area contributed by atoms with Gasteiger partial charge in [-0.3, -0.25) is 0 Å². The van der Waals surface area contributed by atoms with Crippen molar-refractivity contribution in [2.75, 3.05) is 20.3 Å². The minimum Gasteiger partial charge on any atom is -0.382 e. The highest BCUT2D eigenvalue weighted by atomic mass is 16.5. The molecule has 0 radical (unpaired) electrons. The summed E-state index contributed by atoms with van der Waals surface area (Å²) in [5.41, 5.74) is 1.50. The normalized spacial score (nSPS) is 34.6. The highest BCUT2D eigenvalue weighted by Gasteiger charge is 2.31. The fraction of sp³-hybridized carbons (Fsp3) is 0.800. The Kier molecular flexibility index (Phi) is 2.47. The van der Waals surface area contributed by atoms with Gasteiger partial charge < -0.3 is 9.47 Å². The van der Waals surface area contributed by atoms with Crippen LogP contribution in [0.15, 0.2) is 11.6 Å². The molecular formula is C10H16O2. The van der Waals surface area contributed by atoms with Gasteiger partial charge >= 0.3 is 0 Å². The standard InChI is InChI=1S/C10H16O2/c1-11-7-10-9-5-3-2-4-8(9)6-12-10/h5,8,10H,2-4,6-7H2,1H3. The molecule has 2 unspecified atom stereocenters. The molecule has 0 aromatic carbocycles. The van der Waals surface area contributed by atoms with Gasteiger partial charge in [0.05, 0.1) is 13.2 Å². The van der Waals surface area contributed by atoms with Crippen LogP contribution in [0, 0.1) is 5.92 Å². The number of ether oxygens (including phenoxy) is 2. The smallest absolute Gasteiger partial charge is 0.102 e. The second-order valence-corrected chi connectivity index (χ2v) is 3.61. The Hall–Kier alpha value is -0.340. The molecule has 1 aliphatic carbocycles. The lowest BCUT2D eigenvalue weighted by molar-refractivity contribution is 0.0475. The first-order valence-corrected chi connectivity index (χ1v) is 4.72. The lowest BCUT2D eigenvalue weighted by atomic mass is 9.87. The molecule has 0 saturated carbocycles. The molecule has 68 valence electrons. The van der Waals surface area contributed by atoms with E-state index in [0.29, 0.717) is 5.92 Å². The quantitative estimate of drug-likeness (QED) is 0.585. The number of allylic oxidation sites excluding steroid dienone is 1. The Balaban J connectivity index is 2.04. The average molecular weight is 168 g/mol. The van der Waals surface area contributed by atoms with E-state index in [1.165, 1.54) is 24.8 Å². The van der Waals surface area contributed by atoms with Crippen molar-refractivity contribution in [1.29, 1.82) is 0 Å². The molecular weight excluding hydrogens is 152 g/mol. The Morgan fingerprint density at radius 2 is 2.58 bits per heavy atom. The molecule has 2 heteroatoms. The maximum Gasteiger partial charge on any atom is 0.102 e. The molecule has 12 heavy (non-hydrogen) atoms. The van der Waals surface area contributed by atoms with Gasteiger partial charge in [0.15, 0.2) is 0 Å². The van der Waals surface area contributed by atoms with Crippen LogP contribution in [-0.2, 0) is 9.47 Å². The largest absolute Gasteiger partial charge is 0.382 e. The van der Waals surface area contributed by atoms with E-state index in [1.54, 1.807) is 7.11 Å². The van der Waals surface area contributed by atoms with Crippen molar-refractivity contribution in [2.45, 2.75) is 25.4 Å². The van der Waals surface area contributed by atoms with E-state index < -0.39 is 0 Å². The summed E-state index contributed by atoms with van der Waals surface area (Å²) in [5.74, 6) is 0.707. The molecule has 2 nitrogen and oxygen atoms in total. The number of methoxy groups -OCH3 is 1. The summed E-state index contributed by atoms with van der Waals surface area (Å²) in [7, 11) is 1.74. The van der Waals surface area contributed by atoms with Crippen molar-refractivity contribution in [3.05, 3.63) is 11.6 Å². The average Bonchev–Trinajstić information content (AvgIpc) is 2.50. The van der Waals surface area contributed by atoms with Crippen LogP contribution < -0.4 is 0 Å². The first-order chi connectivity index (χ1) is 5.92. The predicted octanol–water partition coefficient (Wildman–Crippen LogP) is 1.76. The molecule has 0 bridgehead atoms. The van der Waals surface area contributed by atoms with E-state index in [0.717, 1.165) is 13.2 Å². The third kappa shape index (κ3) is 1.41. The Morgan fingerprint density at radius 3 is 3.42 bits per heavy atom. The fourth-order valence-corrected chi connectivity index (χ4v) is 2.16. The van der Waals surface area contributed by atoms with Gasteiger partial charge in [-0.05, 0) is 24.8 Å². The minimum absolute atomic E-state index is 0.264. The van der Waals surface area contributed by atoms with Crippen LogP contribution in [-0.4, -0.2) is 26.4 Å². The van der Waals surface area contributed by atoms with Crippen molar-refractivity contribution in [3.63, 3.8) is 0 Å². The molecule has 2 aliphatic rings. The van der Waals surface area contributed by atoms with Gasteiger partial charge in [0, 0.05) is 13.0 Å². The van der Waals surface area contributed by atoms with E-state index in [1.807, 2.05) is 0 Å². The van der Waals surface area contributed by atoms with Gasteiger partial charge in [-0.25, -0.2) is 0 Å². The maximum absolute atomic E-state index is 5.65. The Bertz CT molecular complexity index is 186. The van der Waals surface area contributed by atoms with Gasteiger partial charge in [0.1, 0.15) is 6.10 Å². The monoisotopic (exact) mass is 168 g/mol. The zero-order chi connectivity index (χ0) is 8.39. The van der Waals surface area contributed by atoms with Crippen molar-refractivity contribution in [3.8, 4) is 0 Å². The van der Waals surface area contributed by atoms with Crippen molar-refractivity contribution >= 4 is 0 Å². The van der Waals surface area contributed by atoms with Crippen LogP contribution >= 0.6 is 0 Å². The molecule has 2 atom stereocenters. The number of rotatable bonds is 2. The molecule has 0 amide bonds. The van der Waals surface area contributed by atoms with E-state index in [4.69, 9.17) is 9.47 Å². The Morgan fingerprint density at radius 1 is 1.67 bits per heavy atom. The Labute approximate surface area is 73.5 Å². The fourth-order valence-electron chi connectivity index (χ4n) is 2.16. The van der Waals surface area contributed by atoms with Gasteiger partial charge in [0.2, 0.25) is 0 Å². The molecule has 0 aromatic rings. The first kappa shape index (κ1) is 8.27. The first-order valence-electron chi connectivity index (χ1n) is 4.72. The van der Waals surface area contributed by atoms with Crippen molar-refractivity contribution in [1.82, 2.24) is 0 Å². The summed E-state index contributed by atoms with van der Waals surface area (Å²) in [6, 6.07) is 0. The lowest BCUT2D eigenvalue weighted by Gasteiger charge is -2.17. The zero-order valence-corrected chi connectivity index (χ0v) is 7.58. The van der Waals surface area contributed by atoms with E-state index in [-0.39, 0.29) is 6.10 Å². The van der Waals surface area contributed by atoms with Crippen molar-refractivity contribution in [2.24, 2.45) is 5.92 Å². The molecule has 0 N–H and O–H groups in total. The molecule has 0 spiro atoms. The van der Waals surface area contributed by atoms with Crippen LogP contribution in [0.2, 0.25) is 0 Å². The second kappa shape index (κ2) is 3.58. The van der Waals surface area contributed by atoms with Gasteiger partial charge in [-0.1, -0.05) is 6.08 Å². The maximum atomic E-state index is 5.65. The summed E-state index contributed by atoms with van der Waals surface area (Å²) >= 11 is 0. The topological polar surface area (TPSA) is 18.5 Å². The number of hydrogen-bond acceptors (Lipinski definition) is 2. The molecule has 2 rings (SSSR count). The summed E-state index contributed by atoms with van der Waals surface area (Å²) in [5, 5.41) is 0. The van der Waals surface area contributed by atoms with Gasteiger partial charge in [0.25, 0.3) is 0 Å². The van der Waals surface area contributed by atoms with Crippen LogP contribution in [0.5, 0.6) is 0 Å². The summed E-state index contributed by atoms with van der Waals surface area (Å²) < 4.78 is 10.8. The summed E-state index contributed by atoms with van der Waals surface area (Å²) in [4.78, 5) is 0. The van der Waals surface area contributed by atoms with Crippen LogP contribution in [0.4, 0.5) is 0 Å². The minimum atomic E-state index is 0.264.